The Hall–Kier alpha value is -2.24. The molecular formula is C13H18N6. The van der Waals surface area contributed by atoms with Crippen LogP contribution in [0.3, 0.4) is 0 Å². The molecule has 2 aromatic heterocycles. The molecule has 6 nitrogen and oxygen atoms in total. The summed E-state index contributed by atoms with van der Waals surface area (Å²) in [6, 6.07) is 0. The average Bonchev–Trinajstić information content (AvgIpc) is 2.37. The van der Waals surface area contributed by atoms with Crippen LogP contribution in [0.15, 0.2) is 18.7 Å². The zero-order chi connectivity index (χ0) is 13.8. The van der Waals surface area contributed by atoms with Crippen LogP contribution in [0.2, 0.25) is 0 Å². The first kappa shape index (κ1) is 13.2. The first-order valence-electron chi connectivity index (χ1n) is 6.19. The van der Waals surface area contributed by atoms with Crippen molar-refractivity contribution in [3.63, 3.8) is 0 Å². The molecule has 6 heteroatoms. The lowest BCUT2D eigenvalue weighted by atomic mass is 10.0. The first-order valence-corrected chi connectivity index (χ1v) is 6.19. The Labute approximate surface area is 112 Å². The molecule has 0 spiro atoms. The molecule has 0 amide bonds. The second-order valence-corrected chi connectivity index (χ2v) is 4.68. The van der Waals surface area contributed by atoms with Gasteiger partial charge < -0.3 is 11.1 Å². The van der Waals surface area contributed by atoms with Crippen molar-refractivity contribution in [3.05, 3.63) is 35.7 Å². The molecule has 0 aromatic carbocycles. The third kappa shape index (κ3) is 3.15. The third-order valence-corrected chi connectivity index (χ3v) is 2.76. The minimum atomic E-state index is 0.257. The zero-order valence-corrected chi connectivity index (χ0v) is 11.4. The van der Waals surface area contributed by atoms with E-state index in [1.807, 2.05) is 6.92 Å². The number of nitrogens with two attached hydrogens (primary N) is 1. The van der Waals surface area contributed by atoms with Gasteiger partial charge in [-0.3, -0.25) is 9.97 Å². The highest BCUT2D eigenvalue weighted by molar-refractivity contribution is 5.56. The van der Waals surface area contributed by atoms with Crippen molar-refractivity contribution in [2.24, 2.45) is 0 Å². The lowest BCUT2D eigenvalue weighted by molar-refractivity contribution is 0.847. The first-order chi connectivity index (χ1) is 9.08. The van der Waals surface area contributed by atoms with Crippen molar-refractivity contribution in [3.8, 4) is 0 Å². The standard InChI is InChI=1S/C13H18N6/c1-8(2)11-12(14)18-7-19-13(11)17-6-10-5-15-9(3)4-16-10/h4-5,7-8H,6H2,1-3H3,(H3,14,17,18,19). The van der Waals surface area contributed by atoms with Crippen LogP contribution in [0.25, 0.3) is 0 Å². The third-order valence-electron chi connectivity index (χ3n) is 2.76. The van der Waals surface area contributed by atoms with Crippen LogP contribution in [-0.2, 0) is 6.54 Å². The molecule has 0 aliphatic heterocycles. The predicted octanol–water partition coefficient (Wildman–Crippen LogP) is 1.89. The fraction of sp³-hybridized carbons (Fsp3) is 0.385. The van der Waals surface area contributed by atoms with E-state index >= 15 is 0 Å². The smallest absolute Gasteiger partial charge is 0.135 e. The van der Waals surface area contributed by atoms with E-state index in [2.05, 4.69) is 39.1 Å². The van der Waals surface area contributed by atoms with Crippen molar-refractivity contribution in [1.82, 2.24) is 19.9 Å². The summed E-state index contributed by atoms with van der Waals surface area (Å²) in [7, 11) is 0. The van der Waals surface area contributed by atoms with Crippen LogP contribution in [0.5, 0.6) is 0 Å². The lowest BCUT2D eigenvalue weighted by Gasteiger charge is -2.14. The summed E-state index contributed by atoms with van der Waals surface area (Å²) in [5.41, 5.74) is 8.58. The Balaban J connectivity index is 2.15. The molecule has 0 saturated heterocycles. The number of aromatic nitrogens is 4. The highest BCUT2D eigenvalue weighted by Crippen LogP contribution is 2.26. The van der Waals surface area contributed by atoms with Crippen molar-refractivity contribution in [2.75, 3.05) is 11.1 Å². The predicted molar refractivity (Wildman–Crippen MR) is 74.6 cm³/mol. The van der Waals surface area contributed by atoms with Gasteiger partial charge in [-0.25, -0.2) is 9.97 Å². The normalized spacial score (nSPS) is 10.7. The maximum Gasteiger partial charge on any atom is 0.135 e. The Morgan fingerprint density at radius 2 is 1.95 bits per heavy atom. The van der Waals surface area contributed by atoms with E-state index < -0.39 is 0 Å². The van der Waals surface area contributed by atoms with E-state index in [0.29, 0.717) is 12.4 Å². The van der Waals surface area contributed by atoms with Crippen molar-refractivity contribution >= 4 is 11.6 Å². The highest BCUT2D eigenvalue weighted by Gasteiger charge is 2.12. The molecule has 3 N–H and O–H groups in total. The number of anilines is 2. The van der Waals surface area contributed by atoms with Crippen LogP contribution in [-0.4, -0.2) is 19.9 Å². The summed E-state index contributed by atoms with van der Waals surface area (Å²) < 4.78 is 0. The van der Waals surface area contributed by atoms with Crippen molar-refractivity contribution in [1.29, 1.82) is 0 Å². The molecular weight excluding hydrogens is 240 g/mol. The van der Waals surface area contributed by atoms with Crippen LogP contribution in [0, 0.1) is 6.92 Å². The molecule has 0 unspecified atom stereocenters. The number of aryl methyl sites for hydroxylation is 1. The Bertz CT molecular complexity index is 550. The Kier molecular flexibility index (Phi) is 3.89. The number of nitrogens with one attached hydrogen (secondary N) is 1. The summed E-state index contributed by atoms with van der Waals surface area (Å²) in [5.74, 6) is 1.53. The molecule has 0 aliphatic rings. The van der Waals surface area contributed by atoms with Gasteiger partial charge in [-0.2, -0.15) is 0 Å². The van der Waals surface area contributed by atoms with E-state index in [-0.39, 0.29) is 5.92 Å². The molecule has 0 bridgehead atoms. The minimum Gasteiger partial charge on any atom is -0.383 e. The summed E-state index contributed by atoms with van der Waals surface area (Å²) in [6.45, 7) is 6.59. The lowest BCUT2D eigenvalue weighted by Crippen LogP contribution is -2.10. The van der Waals surface area contributed by atoms with Gasteiger partial charge in [-0.15, -0.1) is 0 Å². The highest BCUT2D eigenvalue weighted by atomic mass is 15.0. The number of nitrogens with zero attached hydrogens (tertiary/aromatic N) is 4. The number of hydrogen-bond acceptors (Lipinski definition) is 6. The van der Waals surface area contributed by atoms with Gasteiger partial charge in [0.05, 0.1) is 24.1 Å². The van der Waals surface area contributed by atoms with E-state index in [1.54, 1.807) is 12.4 Å². The molecule has 0 atom stereocenters. The van der Waals surface area contributed by atoms with Gasteiger partial charge in [0.1, 0.15) is 18.0 Å². The maximum absolute atomic E-state index is 5.89. The second-order valence-electron chi connectivity index (χ2n) is 4.68. The topological polar surface area (TPSA) is 89.6 Å². The molecule has 0 radical (unpaired) electrons. The van der Waals surface area contributed by atoms with Crippen LogP contribution in [0.1, 0.15) is 36.7 Å². The van der Waals surface area contributed by atoms with E-state index in [9.17, 15) is 0 Å². The Morgan fingerprint density at radius 1 is 1.16 bits per heavy atom. The molecule has 2 aromatic rings. The molecule has 100 valence electrons. The fourth-order valence-electron chi connectivity index (χ4n) is 1.80. The molecule has 0 fully saturated rings. The van der Waals surface area contributed by atoms with Crippen molar-refractivity contribution in [2.45, 2.75) is 33.2 Å². The fourth-order valence-corrected chi connectivity index (χ4v) is 1.80. The largest absolute Gasteiger partial charge is 0.383 e. The zero-order valence-electron chi connectivity index (χ0n) is 11.4. The monoisotopic (exact) mass is 258 g/mol. The number of hydrogen-bond donors (Lipinski definition) is 2. The summed E-state index contributed by atoms with van der Waals surface area (Å²) >= 11 is 0. The second kappa shape index (κ2) is 5.60. The van der Waals surface area contributed by atoms with E-state index in [4.69, 9.17) is 5.73 Å². The van der Waals surface area contributed by atoms with Gasteiger partial charge in [-0.1, -0.05) is 13.8 Å². The van der Waals surface area contributed by atoms with Crippen molar-refractivity contribution < 1.29 is 0 Å². The molecule has 19 heavy (non-hydrogen) atoms. The van der Waals surface area contributed by atoms with Gasteiger partial charge in [0.25, 0.3) is 0 Å². The van der Waals surface area contributed by atoms with Crippen LogP contribution >= 0.6 is 0 Å². The SMILES string of the molecule is Cc1cnc(CNc2ncnc(N)c2C(C)C)cn1. The van der Waals surface area contributed by atoms with Gasteiger partial charge in [0.2, 0.25) is 0 Å². The minimum absolute atomic E-state index is 0.257. The Morgan fingerprint density at radius 3 is 2.58 bits per heavy atom. The number of rotatable bonds is 4. The van der Waals surface area contributed by atoms with E-state index in [1.165, 1.54) is 6.33 Å². The number of nitrogen functional groups attached to an aromatic ring is 1. The summed E-state index contributed by atoms with van der Waals surface area (Å²) in [6.07, 6.45) is 4.96. The summed E-state index contributed by atoms with van der Waals surface area (Å²) in [4.78, 5) is 16.8. The van der Waals surface area contributed by atoms with Gasteiger partial charge in [-0.05, 0) is 12.8 Å². The average molecular weight is 258 g/mol. The maximum atomic E-state index is 5.89. The van der Waals surface area contributed by atoms with Gasteiger partial charge in [0.15, 0.2) is 0 Å². The molecule has 2 rings (SSSR count). The van der Waals surface area contributed by atoms with Gasteiger partial charge in [0, 0.05) is 11.8 Å². The van der Waals surface area contributed by atoms with Crippen LogP contribution in [0.4, 0.5) is 11.6 Å². The van der Waals surface area contributed by atoms with E-state index in [0.717, 1.165) is 22.8 Å². The summed E-state index contributed by atoms with van der Waals surface area (Å²) in [5, 5.41) is 3.24. The quantitative estimate of drug-likeness (QED) is 0.870. The molecule has 0 aliphatic carbocycles. The molecule has 2 heterocycles. The molecule has 0 saturated carbocycles. The van der Waals surface area contributed by atoms with Gasteiger partial charge >= 0.3 is 0 Å². The van der Waals surface area contributed by atoms with Crippen LogP contribution < -0.4 is 11.1 Å².